The number of hydrogen-bond donors (Lipinski definition) is 0. The molecule has 4 saturated carbocycles. The molecular formula is C29H53NO5. The molecule has 0 aromatic carbocycles. The molecular weight excluding hydrogens is 442 g/mol. The highest BCUT2D eigenvalue weighted by Gasteiger charge is 2.61. The maximum absolute atomic E-state index is 12.7. The second-order valence-electron chi connectivity index (χ2n) is 13.0. The Morgan fingerprint density at radius 1 is 0.886 bits per heavy atom. The second-order valence-corrected chi connectivity index (χ2v) is 13.0. The van der Waals surface area contributed by atoms with Gasteiger partial charge in [-0.3, -0.25) is 19.3 Å². The molecule has 0 aliphatic heterocycles. The van der Waals surface area contributed by atoms with Gasteiger partial charge in [-0.15, -0.1) is 0 Å². The molecule has 0 amide bonds. The van der Waals surface area contributed by atoms with Crippen LogP contribution in [0.5, 0.6) is 0 Å². The van der Waals surface area contributed by atoms with E-state index >= 15 is 0 Å². The minimum absolute atomic E-state index is 0. The largest absolute Gasteiger partial charge is 0.465 e. The summed E-state index contributed by atoms with van der Waals surface area (Å²) in [4.78, 5) is 38.5. The number of nitrogens with zero attached hydrogens (tertiary/aromatic N) is 1. The molecule has 0 saturated heterocycles. The van der Waals surface area contributed by atoms with Gasteiger partial charge in [0.1, 0.15) is 11.4 Å². The van der Waals surface area contributed by atoms with E-state index in [1.807, 2.05) is 0 Å². The van der Waals surface area contributed by atoms with E-state index in [0.29, 0.717) is 29.6 Å². The first kappa shape index (κ1) is 26.6. The van der Waals surface area contributed by atoms with Crippen molar-refractivity contribution in [2.75, 3.05) is 26.7 Å². The van der Waals surface area contributed by atoms with Crippen LogP contribution in [0.2, 0.25) is 0 Å². The third kappa shape index (κ3) is 4.93. The monoisotopic (exact) mass is 495 g/mol. The predicted octanol–water partition coefficient (Wildman–Crippen LogP) is 5.77. The molecule has 0 bridgehead atoms. The number of carbonyl (C=O) groups excluding carboxylic acids is 3. The van der Waals surface area contributed by atoms with Gasteiger partial charge in [0, 0.05) is 10.2 Å². The molecule has 6 heteroatoms. The van der Waals surface area contributed by atoms with Crippen LogP contribution in [0, 0.1) is 40.4 Å². The number of carbonyl (C=O) groups is 3. The Balaban J connectivity index is 0.00000241. The minimum Gasteiger partial charge on any atom is -0.465 e. The van der Waals surface area contributed by atoms with E-state index in [0.717, 1.165) is 37.5 Å². The lowest BCUT2D eigenvalue weighted by Gasteiger charge is -2.62. The molecule has 0 aromatic rings. The van der Waals surface area contributed by atoms with Gasteiger partial charge in [-0.1, -0.05) is 13.8 Å². The molecule has 4 aliphatic rings. The van der Waals surface area contributed by atoms with Crippen LogP contribution in [0.1, 0.15) is 96.7 Å². The summed E-state index contributed by atoms with van der Waals surface area (Å²) in [6.45, 7) is 11.1. The lowest BCUT2D eigenvalue weighted by Crippen LogP contribution is -2.56. The molecule has 204 valence electrons. The molecule has 4 fully saturated rings. The van der Waals surface area contributed by atoms with E-state index in [9.17, 15) is 14.4 Å². The lowest BCUT2D eigenvalue weighted by molar-refractivity contribution is -0.181. The van der Waals surface area contributed by atoms with Crippen LogP contribution in [0.15, 0.2) is 0 Å². The van der Waals surface area contributed by atoms with Gasteiger partial charge in [-0.2, -0.15) is 0 Å². The molecule has 3 unspecified atom stereocenters. The third-order valence-corrected chi connectivity index (χ3v) is 10.9. The predicted molar refractivity (Wildman–Crippen MR) is 141 cm³/mol. The summed E-state index contributed by atoms with van der Waals surface area (Å²) in [5, 5.41) is 0. The standard InChI is InChI=1S/C29H47NO5.3H2/c1-7-34-25(32)17-30(6)18-26(33)35-27(3)14-15-28(4)20(16-27)8-9-21-23-11-10-22(19(2)31)29(23,5)13-12-24(21)28;;;/h20-24H,7-18H2,1-6H3;3*1H/t20?,21-,22+,23?,24?,27+,28-,29+;;;/m0.../s1. The van der Waals surface area contributed by atoms with E-state index in [1.54, 1.807) is 25.8 Å². The molecule has 6 nitrogen and oxygen atoms in total. The Labute approximate surface area is 216 Å². The summed E-state index contributed by atoms with van der Waals surface area (Å²) >= 11 is 0. The average Bonchev–Trinajstić information content (AvgIpc) is 3.11. The molecule has 35 heavy (non-hydrogen) atoms. The van der Waals surface area contributed by atoms with Gasteiger partial charge in [0.2, 0.25) is 0 Å². The van der Waals surface area contributed by atoms with Crippen LogP contribution in [0.4, 0.5) is 0 Å². The van der Waals surface area contributed by atoms with Crippen LogP contribution in [0.25, 0.3) is 0 Å². The molecule has 0 N–H and O–H groups in total. The Hall–Kier alpha value is -1.43. The first-order valence-corrected chi connectivity index (χ1v) is 14.0. The van der Waals surface area contributed by atoms with Crippen molar-refractivity contribution >= 4 is 17.7 Å². The number of likely N-dealkylation sites (N-methyl/N-ethyl adjacent to an activating group) is 1. The fraction of sp³-hybridized carbons (Fsp3) is 0.897. The normalized spacial score (nSPS) is 42.5. The minimum atomic E-state index is -0.435. The van der Waals surface area contributed by atoms with Crippen molar-refractivity contribution in [3.05, 3.63) is 0 Å². The summed E-state index contributed by atoms with van der Waals surface area (Å²) in [6.07, 6.45) is 10.1. The van der Waals surface area contributed by atoms with Crippen LogP contribution in [-0.2, 0) is 23.9 Å². The topological polar surface area (TPSA) is 72.9 Å². The molecule has 4 rings (SSSR count). The number of ketones is 1. The van der Waals surface area contributed by atoms with E-state index in [2.05, 4.69) is 20.8 Å². The first-order valence-electron chi connectivity index (χ1n) is 14.0. The van der Waals surface area contributed by atoms with Crippen molar-refractivity contribution in [3.8, 4) is 0 Å². The van der Waals surface area contributed by atoms with Crippen LogP contribution >= 0.6 is 0 Å². The number of rotatable bonds is 7. The Morgan fingerprint density at radius 2 is 1.57 bits per heavy atom. The Morgan fingerprint density at radius 3 is 2.26 bits per heavy atom. The van der Waals surface area contributed by atoms with Gasteiger partial charge in [0.15, 0.2) is 0 Å². The second kappa shape index (κ2) is 9.79. The highest BCUT2D eigenvalue weighted by atomic mass is 16.6. The van der Waals surface area contributed by atoms with Crippen molar-refractivity contribution in [2.45, 2.75) is 98.0 Å². The van der Waals surface area contributed by atoms with Gasteiger partial charge >= 0.3 is 11.9 Å². The number of hydrogen-bond acceptors (Lipinski definition) is 6. The molecule has 0 spiro atoms. The number of ether oxygens (including phenoxy) is 2. The summed E-state index contributed by atoms with van der Waals surface area (Å²) in [5.74, 6) is 2.80. The Kier molecular flexibility index (Phi) is 7.45. The summed E-state index contributed by atoms with van der Waals surface area (Å²) < 4.78 is 11.1. The maximum Gasteiger partial charge on any atom is 0.320 e. The van der Waals surface area contributed by atoms with E-state index in [4.69, 9.17) is 9.47 Å². The number of esters is 2. The van der Waals surface area contributed by atoms with Crippen molar-refractivity contribution in [2.24, 2.45) is 40.4 Å². The third-order valence-electron chi connectivity index (χ3n) is 10.9. The molecule has 0 heterocycles. The van der Waals surface area contributed by atoms with Gasteiger partial charge < -0.3 is 9.47 Å². The summed E-state index contributed by atoms with van der Waals surface area (Å²) in [6, 6.07) is 0. The fourth-order valence-electron chi connectivity index (χ4n) is 9.19. The summed E-state index contributed by atoms with van der Waals surface area (Å²) in [5.41, 5.74) is 0.0603. The molecule has 8 atom stereocenters. The lowest BCUT2D eigenvalue weighted by atomic mass is 9.44. The van der Waals surface area contributed by atoms with Crippen molar-refractivity contribution in [1.29, 1.82) is 0 Å². The van der Waals surface area contributed by atoms with Gasteiger partial charge in [0.25, 0.3) is 0 Å². The van der Waals surface area contributed by atoms with Gasteiger partial charge in [-0.05, 0) is 120 Å². The Bertz CT molecular complexity index is 858. The summed E-state index contributed by atoms with van der Waals surface area (Å²) in [7, 11) is 1.75. The molecule has 0 radical (unpaired) electrons. The average molecular weight is 496 g/mol. The quantitative estimate of drug-likeness (QED) is 0.418. The van der Waals surface area contributed by atoms with E-state index in [1.165, 1.54) is 32.1 Å². The maximum atomic E-state index is 12.7. The number of Topliss-reactive ketones (excluding diaryl/α,β-unsaturated/α-hetero) is 1. The zero-order valence-electron chi connectivity index (χ0n) is 22.9. The van der Waals surface area contributed by atoms with E-state index < -0.39 is 5.60 Å². The number of fused-ring (bicyclic) bond motifs is 5. The highest BCUT2D eigenvalue weighted by Crippen LogP contribution is 2.68. The van der Waals surface area contributed by atoms with Gasteiger partial charge in [0.05, 0.1) is 19.7 Å². The van der Waals surface area contributed by atoms with Crippen LogP contribution in [-0.4, -0.2) is 55.0 Å². The van der Waals surface area contributed by atoms with Crippen molar-refractivity contribution in [3.63, 3.8) is 0 Å². The van der Waals surface area contributed by atoms with Crippen molar-refractivity contribution < 1.29 is 28.1 Å². The van der Waals surface area contributed by atoms with E-state index in [-0.39, 0.29) is 40.6 Å². The fourth-order valence-corrected chi connectivity index (χ4v) is 9.19. The smallest absolute Gasteiger partial charge is 0.320 e. The van der Waals surface area contributed by atoms with Crippen LogP contribution in [0.3, 0.4) is 0 Å². The van der Waals surface area contributed by atoms with Gasteiger partial charge in [-0.25, -0.2) is 0 Å². The van der Waals surface area contributed by atoms with Crippen molar-refractivity contribution in [1.82, 2.24) is 4.90 Å². The highest BCUT2D eigenvalue weighted by molar-refractivity contribution is 5.79. The van der Waals surface area contributed by atoms with Crippen LogP contribution < -0.4 is 0 Å². The SMILES string of the molecule is CCOC(=O)CN(C)CC(=O)O[C@]1(C)CC[C@@]2(C)C(CC[C@@H]3C2CC[C@@]2(C)C3CC[C@@H]2C(C)=O)C1.[HH].[HH].[HH]. The zero-order valence-corrected chi connectivity index (χ0v) is 22.9. The molecule has 4 aliphatic carbocycles. The zero-order chi connectivity index (χ0) is 25.6. The first-order chi connectivity index (χ1) is 16.4. The molecule has 0 aromatic heterocycles.